The maximum Gasteiger partial charge on any atom is 0.248 e. The third kappa shape index (κ3) is 8.29. The van der Waals surface area contributed by atoms with Gasteiger partial charge in [0, 0.05) is 25.7 Å². The van der Waals surface area contributed by atoms with Crippen molar-refractivity contribution in [2.24, 2.45) is 5.73 Å². The molecule has 6 N–H and O–H groups in total. The van der Waals surface area contributed by atoms with Gasteiger partial charge in [-0.05, 0) is 6.42 Å². The number of nitrogens with zero attached hydrogens (tertiary/aromatic N) is 1. The average molecular weight is 319 g/mol. The van der Waals surface area contributed by atoms with Crippen molar-refractivity contribution in [2.45, 2.75) is 38.2 Å². The van der Waals surface area contributed by atoms with Crippen LogP contribution in [0.25, 0.3) is 0 Å². The largest absolute Gasteiger partial charge is 0.394 e. The highest BCUT2D eigenvalue weighted by Crippen LogP contribution is 2.08. The van der Waals surface area contributed by atoms with Crippen LogP contribution in [0.5, 0.6) is 0 Å². The van der Waals surface area contributed by atoms with Crippen molar-refractivity contribution in [1.29, 1.82) is 0 Å². The van der Waals surface area contributed by atoms with E-state index in [-0.39, 0.29) is 38.9 Å². The molecule has 0 saturated carbocycles. The number of aliphatic hydroxyl groups excluding tert-OH is 3. The van der Waals surface area contributed by atoms with Gasteiger partial charge in [-0.1, -0.05) is 0 Å². The van der Waals surface area contributed by atoms with E-state index < -0.39 is 29.7 Å². The van der Waals surface area contributed by atoms with E-state index in [2.05, 4.69) is 5.43 Å². The Kier molecular flexibility index (Phi) is 9.67. The highest BCUT2D eigenvalue weighted by molar-refractivity contribution is 6.03. The summed E-state index contributed by atoms with van der Waals surface area (Å²) in [4.78, 5) is 43.9. The summed E-state index contributed by atoms with van der Waals surface area (Å²) >= 11 is 0. The lowest BCUT2D eigenvalue weighted by Gasteiger charge is -2.14. The fraction of sp³-hybridized carbons (Fsp3) is 0.667. The van der Waals surface area contributed by atoms with Crippen LogP contribution in [0.4, 0.5) is 0 Å². The first-order valence-electron chi connectivity index (χ1n) is 6.65. The Morgan fingerprint density at radius 2 is 1.64 bits per heavy atom. The number of aliphatic hydroxyl groups is 3. The van der Waals surface area contributed by atoms with Gasteiger partial charge < -0.3 is 21.1 Å². The van der Waals surface area contributed by atoms with Crippen LogP contribution >= 0.6 is 0 Å². The number of hydrogen-bond acceptors (Lipinski definition) is 7. The van der Waals surface area contributed by atoms with Gasteiger partial charge in [0.2, 0.25) is 23.6 Å². The van der Waals surface area contributed by atoms with Crippen molar-refractivity contribution in [3.05, 3.63) is 0 Å². The van der Waals surface area contributed by atoms with Gasteiger partial charge in [0.15, 0.2) is 0 Å². The van der Waals surface area contributed by atoms with Crippen LogP contribution in [0.3, 0.4) is 0 Å². The van der Waals surface area contributed by atoms with Gasteiger partial charge in [0.05, 0.1) is 13.2 Å². The first-order valence-corrected chi connectivity index (χ1v) is 6.65. The zero-order valence-electron chi connectivity index (χ0n) is 12.0. The molecule has 126 valence electrons. The summed E-state index contributed by atoms with van der Waals surface area (Å²) in [6, 6.07) is 0. The lowest BCUT2D eigenvalue weighted by atomic mass is 10.2. The number of amides is 4. The predicted molar refractivity (Wildman–Crippen MR) is 72.5 cm³/mol. The molecule has 1 aliphatic rings. The second kappa shape index (κ2) is 10.7. The molecular weight excluding hydrogens is 298 g/mol. The number of rotatable bonds is 7. The first-order chi connectivity index (χ1) is 10.3. The van der Waals surface area contributed by atoms with Crippen molar-refractivity contribution in [2.75, 3.05) is 13.2 Å². The smallest absolute Gasteiger partial charge is 0.248 e. The molecular formula is C12H21N3O7. The SMILES string of the molecule is NC(=O)CCCC(=O)NN1C(=O)CCC1=O.OCC(O)CO. The highest BCUT2D eigenvalue weighted by atomic mass is 16.3. The molecule has 1 rings (SSSR count). The number of nitrogens with one attached hydrogen (secondary N) is 1. The van der Waals surface area contributed by atoms with Crippen LogP contribution in [0.15, 0.2) is 0 Å². The van der Waals surface area contributed by atoms with Crippen LogP contribution < -0.4 is 11.2 Å². The monoisotopic (exact) mass is 319 g/mol. The van der Waals surface area contributed by atoms with E-state index in [0.717, 1.165) is 5.01 Å². The van der Waals surface area contributed by atoms with Crippen LogP contribution in [-0.4, -0.2) is 63.3 Å². The number of carbonyl (C=O) groups is 4. The van der Waals surface area contributed by atoms with Crippen molar-refractivity contribution >= 4 is 23.6 Å². The zero-order chi connectivity index (χ0) is 17.1. The molecule has 0 aromatic carbocycles. The third-order valence-electron chi connectivity index (χ3n) is 2.54. The maximum absolute atomic E-state index is 11.3. The molecule has 10 heteroatoms. The molecule has 4 amide bonds. The van der Waals surface area contributed by atoms with Crippen LogP contribution in [-0.2, 0) is 19.2 Å². The molecule has 10 nitrogen and oxygen atoms in total. The molecule has 22 heavy (non-hydrogen) atoms. The lowest BCUT2D eigenvalue weighted by Crippen LogP contribution is -2.45. The van der Waals surface area contributed by atoms with Crippen LogP contribution in [0, 0.1) is 0 Å². The van der Waals surface area contributed by atoms with E-state index in [1.54, 1.807) is 0 Å². The molecule has 0 radical (unpaired) electrons. The van der Waals surface area contributed by atoms with Gasteiger partial charge in [0.1, 0.15) is 6.10 Å². The Bertz CT molecular complexity index is 394. The topological polar surface area (TPSA) is 170 Å². The molecule has 1 fully saturated rings. The number of nitrogens with two attached hydrogens (primary N) is 1. The fourth-order valence-electron chi connectivity index (χ4n) is 1.36. The van der Waals surface area contributed by atoms with E-state index in [4.69, 9.17) is 21.1 Å². The number of carbonyl (C=O) groups excluding carboxylic acids is 4. The summed E-state index contributed by atoms with van der Waals surface area (Å²) in [7, 11) is 0. The first kappa shape index (κ1) is 20.0. The van der Waals surface area contributed by atoms with E-state index in [9.17, 15) is 19.2 Å². The van der Waals surface area contributed by atoms with Gasteiger partial charge in [0.25, 0.3) is 0 Å². The lowest BCUT2D eigenvalue weighted by molar-refractivity contribution is -0.147. The predicted octanol–water partition coefficient (Wildman–Crippen LogP) is -2.85. The quantitative estimate of drug-likeness (QED) is 0.314. The second-order valence-corrected chi connectivity index (χ2v) is 4.50. The minimum atomic E-state index is -0.954. The summed E-state index contributed by atoms with van der Waals surface area (Å²) in [5.41, 5.74) is 7.09. The van der Waals surface area contributed by atoms with Gasteiger partial charge >= 0.3 is 0 Å². The molecule has 0 atom stereocenters. The summed E-state index contributed by atoms with van der Waals surface area (Å²) in [6.45, 7) is -0.729. The highest BCUT2D eigenvalue weighted by Gasteiger charge is 2.30. The van der Waals surface area contributed by atoms with Crippen LogP contribution in [0.1, 0.15) is 32.1 Å². The molecule has 1 aliphatic heterocycles. The van der Waals surface area contributed by atoms with E-state index in [1.807, 2.05) is 0 Å². The molecule has 0 aromatic rings. The minimum Gasteiger partial charge on any atom is -0.394 e. The zero-order valence-corrected chi connectivity index (χ0v) is 12.0. The second-order valence-electron chi connectivity index (χ2n) is 4.50. The van der Waals surface area contributed by atoms with Gasteiger partial charge in [-0.3, -0.25) is 24.6 Å². The Hall–Kier alpha value is -2.04. The Morgan fingerprint density at radius 3 is 2.00 bits per heavy atom. The Labute approximate surface area is 126 Å². The van der Waals surface area contributed by atoms with E-state index in [1.165, 1.54) is 0 Å². The molecule has 1 heterocycles. The molecule has 0 unspecified atom stereocenters. The van der Waals surface area contributed by atoms with Crippen molar-refractivity contribution in [3.63, 3.8) is 0 Å². The Balaban J connectivity index is 0.000000626. The average Bonchev–Trinajstić information content (AvgIpc) is 2.78. The number of primary amides is 1. The van der Waals surface area contributed by atoms with Crippen LogP contribution in [0.2, 0.25) is 0 Å². The van der Waals surface area contributed by atoms with Gasteiger partial charge in [-0.2, -0.15) is 5.01 Å². The Morgan fingerprint density at radius 1 is 1.14 bits per heavy atom. The molecule has 0 aliphatic carbocycles. The van der Waals surface area contributed by atoms with Gasteiger partial charge in [-0.25, -0.2) is 0 Å². The number of imide groups is 1. The fourth-order valence-corrected chi connectivity index (χ4v) is 1.36. The summed E-state index contributed by atoms with van der Waals surface area (Å²) < 4.78 is 0. The third-order valence-corrected chi connectivity index (χ3v) is 2.54. The van der Waals surface area contributed by atoms with E-state index >= 15 is 0 Å². The summed E-state index contributed by atoms with van der Waals surface area (Å²) in [6.07, 6.45) is -0.238. The standard InChI is InChI=1S/C9H13N3O4.C3H8O3/c10-6(13)2-1-3-7(14)11-12-8(15)4-5-9(12)16;4-1-3(6)2-5/h1-5H2,(H2,10,13)(H,11,14);3-6H,1-2H2. The molecule has 1 saturated heterocycles. The summed E-state index contributed by atoms with van der Waals surface area (Å²) in [5, 5.41) is 24.7. The number of hydrazine groups is 1. The van der Waals surface area contributed by atoms with Crippen molar-refractivity contribution in [3.8, 4) is 0 Å². The molecule has 0 bridgehead atoms. The van der Waals surface area contributed by atoms with Gasteiger partial charge in [-0.15, -0.1) is 0 Å². The maximum atomic E-state index is 11.3. The van der Waals surface area contributed by atoms with Crippen molar-refractivity contribution < 1.29 is 34.5 Å². The summed E-state index contributed by atoms with van der Waals surface area (Å²) in [5.74, 6) is -1.77. The molecule has 0 spiro atoms. The van der Waals surface area contributed by atoms with E-state index in [0.29, 0.717) is 6.42 Å². The number of hydrogen-bond donors (Lipinski definition) is 5. The van der Waals surface area contributed by atoms with Crippen molar-refractivity contribution in [1.82, 2.24) is 10.4 Å². The normalized spacial score (nSPS) is 13.9. The minimum absolute atomic E-state index is 0.0556. The molecule has 0 aromatic heterocycles.